The molecule has 0 aromatic heterocycles. The molecule has 0 fully saturated rings. The fourth-order valence-electron chi connectivity index (χ4n) is 0.0373. The zero-order valence-corrected chi connectivity index (χ0v) is 3.46. The molecule has 0 saturated heterocycles. The van der Waals surface area contributed by atoms with Gasteiger partial charge in [0.25, 0.3) is 0 Å². The van der Waals surface area contributed by atoms with Gasteiger partial charge in [0, 0.05) is 0 Å². The van der Waals surface area contributed by atoms with Crippen molar-refractivity contribution in [2.45, 2.75) is 0 Å². The predicted molar refractivity (Wildman–Crippen MR) is 24.3 cm³/mol. The third-order valence-electron chi connectivity index (χ3n) is 0.175. The zero-order valence-electron chi connectivity index (χ0n) is 2.64. The van der Waals surface area contributed by atoms with Crippen molar-refractivity contribution >= 4 is 17.2 Å². The Bertz CT molecular complexity index is 53.9. The van der Waals surface area contributed by atoms with Gasteiger partial charge in [-0.3, -0.25) is 0 Å². The molecule has 28 valence electrons. The molecule has 0 spiro atoms. The number of thiocarbonyl (C=S) groups is 1. The van der Waals surface area contributed by atoms with E-state index in [2.05, 4.69) is 17.2 Å². The van der Waals surface area contributed by atoms with Crippen molar-refractivity contribution in [3.63, 3.8) is 0 Å². The Morgan fingerprint density at radius 2 is 2.60 bits per heavy atom. The summed E-state index contributed by atoms with van der Waals surface area (Å²) in [6, 6.07) is 0. The molecule has 0 amide bonds. The van der Waals surface area contributed by atoms with Gasteiger partial charge in [0.2, 0.25) is 0 Å². The molecule has 0 saturated carbocycles. The van der Waals surface area contributed by atoms with Crippen LogP contribution in [0, 0.1) is 0 Å². The van der Waals surface area contributed by atoms with Gasteiger partial charge in [-0.05, 0) is 23.3 Å². The highest BCUT2D eigenvalue weighted by atomic mass is 32.1. The van der Waals surface area contributed by atoms with Crippen LogP contribution in [0.1, 0.15) is 0 Å². The second-order valence-corrected chi connectivity index (χ2v) is 0.740. The largest absolute Gasteiger partial charge is 0.392 e. The lowest BCUT2D eigenvalue weighted by molar-refractivity contribution is 0.344. The molecule has 0 aromatic carbocycles. The van der Waals surface area contributed by atoms with Gasteiger partial charge in [0.05, 0.1) is 6.61 Å². The second-order valence-electron chi connectivity index (χ2n) is 0.505. The first kappa shape index (κ1) is 4.83. The van der Waals surface area contributed by atoms with Gasteiger partial charge in [-0.1, -0.05) is 0 Å². The smallest absolute Gasteiger partial charge is 0.0694 e. The normalized spacial score (nSPS) is 5.80. The molecule has 2 heteroatoms. The van der Waals surface area contributed by atoms with Crippen LogP contribution >= 0.6 is 12.2 Å². The molecule has 0 aromatic rings. The minimum Gasteiger partial charge on any atom is -0.392 e. The molecule has 0 aliphatic rings. The van der Waals surface area contributed by atoms with Gasteiger partial charge < -0.3 is 5.11 Å². The highest BCUT2D eigenvalue weighted by Crippen LogP contribution is 1.48. The highest BCUT2D eigenvalue weighted by Gasteiger charge is 1.51. The van der Waals surface area contributed by atoms with Crippen LogP contribution in [0.3, 0.4) is 0 Å². The van der Waals surface area contributed by atoms with Crippen LogP contribution in [0.15, 0.2) is 6.08 Å². The Labute approximate surface area is 35.9 Å². The standard InChI is InChI=1S/C3H4OS/c4-2-1-3-5/h1,4H,2H2. The van der Waals surface area contributed by atoms with Gasteiger partial charge >= 0.3 is 0 Å². The molecule has 0 bridgehead atoms. The van der Waals surface area contributed by atoms with Crippen molar-refractivity contribution in [1.29, 1.82) is 0 Å². The molecule has 0 aliphatic heterocycles. The van der Waals surface area contributed by atoms with Gasteiger partial charge in [0.15, 0.2) is 0 Å². The second kappa shape index (κ2) is 3.83. The van der Waals surface area contributed by atoms with Crippen LogP contribution in [0.4, 0.5) is 0 Å². The van der Waals surface area contributed by atoms with Crippen LogP contribution in [0.25, 0.3) is 0 Å². The predicted octanol–water partition coefficient (Wildman–Crippen LogP) is 0.134. The molecular formula is C3H4OS. The Hall–Kier alpha value is -0.170. The van der Waals surface area contributed by atoms with Gasteiger partial charge in [-0.2, -0.15) is 0 Å². The van der Waals surface area contributed by atoms with E-state index < -0.39 is 0 Å². The topological polar surface area (TPSA) is 20.2 Å². The summed E-state index contributed by atoms with van der Waals surface area (Å²) in [4.78, 5) is 0. The van der Waals surface area contributed by atoms with E-state index in [0.29, 0.717) is 0 Å². The van der Waals surface area contributed by atoms with Gasteiger partial charge in [-0.15, -0.1) is 0 Å². The first-order valence-corrected chi connectivity index (χ1v) is 1.63. The average molecular weight is 88.1 g/mol. The minimum atomic E-state index is 0.00347. The molecule has 0 atom stereocenters. The van der Waals surface area contributed by atoms with Crippen molar-refractivity contribution in [2.24, 2.45) is 0 Å². The van der Waals surface area contributed by atoms with Gasteiger partial charge in [0.1, 0.15) is 0 Å². The summed E-state index contributed by atoms with van der Waals surface area (Å²) >= 11 is 4.19. The lowest BCUT2D eigenvalue weighted by Gasteiger charge is -1.60. The molecule has 1 N–H and O–H groups in total. The number of aliphatic hydroxyl groups is 1. The fourth-order valence-corrected chi connectivity index (χ4v) is 0.112. The van der Waals surface area contributed by atoms with E-state index in [1.54, 1.807) is 0 Å². The first-order chi connectivity index (χ1) is 2.41. The van der Waals surface area contributed by atoms with Crippen LogP contribution < -0.4 is 0 Å². The molecule has 0 unspecified atom stereocenters. The number of rotatable bonds is 1. The van der Waals surface area contributed by atoms with E-state index in [4.69, 9.17) is 5.11 Å². The summed E-state index contributed by atoms with van der Waals surface area (Å²) in [5.74, 6) is 0. The summed E-state index contributed by atoms with van der Waals surface area (Å²) < 4.78 is 0. The fraction of sp³-hybridized carbons (Fsp3) is 0.333. The number of hydrogen-bond acceptors (Lipinski definition) is 2. The highest BCUT2D eigenvalue weighted by molar-refractivity contribution is 7.78. The first-order valence-electron chi connectivity index (χ1n) is 1.22. The lowest BCUT2D eigenvalue weighted by atomic mass is 10.7. The molecule has 0 heterocycles. The third-order valence-corrected chi connectivity index (χ3v) is 0.341. The Kier molecular flexibility index (Phi) is 3.70. The van der Waals surface area contributed by atoms with Crippen LogP contribution in [-0.4, -0.2) is 16.7 Å². The van der Waals surface area contributed by atoms with Crippen molar-refractivity contribution in [3.8, 4) is 0 Å². The molecule has 0 aliphatic carbocycles. The molecule has 5 heavy (non-hydrogen) atoms. The Balaban J connectivity index is 2.93. The summed E-state index contributed by atoms with van der Waals surface area (Å²) in [6.07, 6.45) is 1.37. The zero-order chi connectivity index (χ0) is 4.12. The van der Waals surface area contributed by atoms with Crippen LogP contribution in [0.2, 0.25) is 0 Å². The van der Waals surface area contributed by atoms with Crippen LogP contribution in [-0.2, 0) is 0 Å². The van der Waals surface area contributed by atoms with E-state index >= 15 is 0 Å². The maximum atomic E-state index is 7.88. The molecular weight excluding hydrogens is 84.1 g/mol. The number of hydrogen-bond donors (Lipinski definition) is 1. The van der Waals surface area contributed by atoms with E-state index in [1.807, 2.05) is 0 Å². The summed E-state index contributed by atoms with van der Waals surface area (Å²) in [5, 5.41) is 10.1. The molecule has 0 rings (SSSR count). The average Bonchev–Trinajstić information content (AvgIpc) is 1.41. The van der Waals surface area contributed by atoms with E-state index in [1.165, 1.54) is 6.08 Å². The summed E-state index contributed by atoms with van der Waals surface area (Å²) in [6.45, 7) is 0.00347. The van der Waals surface area contributed by atoms with Crippen molar-refractivity contribution in [3.05, 3.63) is 6.08 Å². The maximum absolute atomic E-state index is 7.88. The van der Waals surface area contributed by atoms with Crippen molar-refractivity contribution in [2.75, 3.05) is 6.61 Å². The van der Waals surface area contributed by atoms with E-state index in [0.717, 1.165) is 0 Å². The number of aliphatic hydroxyl groups excluding tert-OH is 1. The molecule has 1 nitrogen and oxygen atoms in total. The van der Waals surface area contributed by atoms with E-state index in [9.17, 15) is 0 Å². The third kappa shape index (κ3) is 3.83. The van der Waals surface area contributed by atoms with Crippen LogP contribution in [0.5, 0.6) is 0 Å². The summed E-state index contributed by atoms with van der Waals surface area (Å²) in [7, 11) is 0. The van der Waals surface area contributed by atoms with Crippen molar-refractivity contribution < 1.29 is 5.11 Å². The Morgan fingerprint density at radius 3 is 2.60 bits per heavy atom. The SMILES string of the molecule is OCC=C=S. The Morgan fingerprint density at radius 1 is 2.00 bits per heavy atom. The van der Waals surface area contributed by atoms with Gasteiger partial charge in [-0.25, -0.2) is 0 Å². The lowest BCUT2D eigenvalue weighted by Crippen LogP contribution is -1.66. The summed E-state index contributed by atoms with van der Waals surface area (Å²) in [5.41, 5.74) is 0. The minimum absolute atomic E-state index is 0.00347. The van der Waals surface area contributed by atoms with E-state index in [-0.39, 0.29) is 6.61 Å². The quantitative estimate of drug-likeness (QED) is 0.460. The monoisotopic (exact) mass is 88.0 g/mol. The maximum Gasteiger partial charge on any atom is 0.0694 e. The van der Waals surface area contributed by atoms with Crippen molar-refractivity contribution in [1.82, 2.24) is 0 Å². The molecule has 0 radical (unpaired) electrons.